The van der Waals surface area contributed by atoms with Gasteiger partial charge in [0.15, 0.2) is 18.1 Å². The Hall–Kier alpha value is -3.99. The molecule has 2 N–H and O–H groups in total. The van der Waals surface area contributed by atoms with Crippen molar-refractivity contribution >= 4 is 17.8 Å². The van der Waals surface area contributed by atoms with Crippen LogP contribution in [-0.4, -0.2) is 92.0 Å². The van der Waals surface area contributed by atoms with Gasteiger partial charge in [-0.15, -0.1) is 0 Å². The van der Waals surface area contributed by atoms with Crippen LogP contribution in [-0.2, 0) is 20.9 Å². The largest absolute Gasteiger partial charge is 0.497 e. The topological polar surface area (TPSA) is 135 Å². The number of rotatable bonds is 8. The van der Waals surface area contributed by atoms with E-state index in [-0.39, 0.29) is 12.5 Å². The summed E-state index contributed by atoms with van der Waals surface area (Å²) in [4.78, 5) is 34.8. The van der Waals surface area contributed by atoms with Crippen LogP contribution in [0.4, 0.5) is 0 Å². The minimum atomic E-state index is -1.82. The lowest BCUT2D eigenvalue weighted by molar-refractivity contribution is -0.159. The van der Waals surface area contributed by atoms with Crippen LogP contribution in [0.5, 0.6) is 23.0 Å². The second-order valence-corrected chi connectivity index (χ2v) is 7.38. The van der Waals surface area contributed by atoms with Crippen LogP contribution < -0.4 is 18.9 Å². The van der Waals surface area contributed by atoms with E-state index < -0.39 is 11.9 Å². The third kappa shape index (κ3) is 8.38. The zero-order chi connectivity index (χ0) is 25.8. The van der Waals surface area contributed by atoms with Crippen molar-refractivity contribution < 1.29 is 43.5 Å². The Morgan fingerprint density at radius 3 is 1.91 bits per heavy atom. The number of hydrogen-bond acceptors (Lipinski definition) is 8. The first-order valence-electron chi connectivity index (χ1n) is 10.7. The molecule has 11 nitrogen and oxygen atoms in total. The third-order valence-corrected chi connectivity index (χ3v) is 5.21. The molecule has 1 saturated heterocycles. The summed E-state index contributed by atoms with van der Waals surface area (Å²) < 4.78 is 21.6. The van der Waals surface area contributed by atoms with E-state index in [2.05, 4.69) is 4.90 Å². The molecule has 0 atom stereocenters. The summed E-state index contributed by atoms with van der Waals surface area (Å²) in [5.41, 5.74) is 1.08. The van der Waals surface area contributed by atoms with Gasteiger partial charge in [-0.05, 0) is 30.3 Å². The molecule has 0 aliphatic carbocycles. The van der Waals surface area contributed by atoms with E-state index in [0.717, 1.165) is 42.4 Å². The lowest BCUT2D eigenvalue weighted by Crippen LogP contribution is -2.49. The van der Waals surface area contributed by atoms with Gasteiger partial charge in [-0.25, -0.2) is 9.59 Å². The van der Waals surface area contributed by atoms with E-state index in [0.29, 0.717) is 18.8 Å². The molecule has 0 saturated carbocycles. The minimum Gasteiger partial charge on any atom is -0.497 e. The molecular formula is C24H30N2O9. The standard InChI is InChI=1S/C22H28N2O5.C2H2O4/c1-26-18-7-9-19(10-8-18)29-16-21(25)24-13-11-23(12-14-24)15-17-5-4-6-20(27-2)22(17)28-3;3-1(4)2(5)6/h4-10H,11-16H2,1-3H3;(H,3,4)(H,5,6). The highest BCUT2D eigenvalue weighted by Crippen LogP contribution is 2.31. The van der Waals surface area contributed by atoms with Gasteiger partial charge >= 0.3 is 11.9 Å². The van der Waals surface area contributed by atoms with Crippen LogP contribution in [0.1, 0.15) is 5.56 Å². The monoisotopic (exact) mass is 490 g/mol. The number of ether oxygens (including phenoxy) is 4. The number of piperazine rings is 1. The zero-order valence-corrected chi connectivity index (χ0v) is 19.9. The van der Waals surface area contributed by atoms with Crippen molar-refractivity contribution in [2.24, 2.45) is 0 Å². The van der Waals surface area contributed by atoms with Crippen molar-refractivity contribution in [3.05, 3.63) is 48.0 Å². The second kappa shape index (κ2) is 13.7. The van der Waals surface area contributed by atoms with Gasteiger partial charge < -0.3 is 34.1 Å². The summed E-state index contributed by atoms with van der Waals surface area (Å²) in [5, 5.41) is 14.8. The number of hydrogen-bond donors (Lipinski definition) is 2. The number of carboxylic acid groups (broad SMARTS) is 2. The number of methoxy groups -OCH3 is 3. The fourth-order valence-electron chi connectivity index (χ4n) is 3.38. The van der Waals surface area contributed by atoms with E-state index >= 15 is 0 Å². The molecule has 1 aliphatic rings. The SMILES string of the molecule is COc1ccc(OCC(=O)N2CCN(Cc3cccc(OC)c3OC)CC2)cc1.O=C(O)C(=O)O. The molecule has 1 heterocycles. The van der Waals surface area contributed by atoms with Gasteiger partial charge in [-0.1, -0.05) is 12.1 Å². The molecule has 35 heavy (non-hydrogen) atoms. The highest BCUT2D eigenvalue weighted by Gasteiger charge is 2.22. The van der Waals surface area contributed by atoms with Crippen molar-refractivity contribution in [3.8, 4) is 23.0 Å². The molecule has 1 aliphatic heterocycles. The molecule has 0 radical (unpaired) electrons. The fourth-order valence-corrected chi connectivity index (χ4v) is 3.38. The van der Waals surface area contributed by atoms with Gasteiger partial charge in [0.25, 0.3) is 5.91 Å². The molecule has 3 rings (SSSR count). The molecule has 1 fully saturated rings. The van der Waals surface area contributed by atoms with E-state index in [1.54, 1.807) is 33.5 Å². The van der Waals surface area contributed by atoms with Crippen LogP contribution in [0, 0.1) is 0 Å². The highest BCUT2D eigenvalue weighted by atomic mass is 16.5. The Labute approximate surface area is 203 Å². The van der Waals surface area contributed by atoms with Gasteiger partial charge in [-0.2, -0.15) is 0 Å². The number of benzene rings is 2. The van der Waals surface area contributed by atoms with Gasteiger partial charge in [0.05, 0.1) is 21.3 Å². The van der Waals surface area contributed by atoms with Gasteiger partial charge in [0, 0.05) is 38.3 Å². The van der Waals surface area contributed by atoms with Gasteiger partial charge in [0.1, 0.15) is 11.5 Å². The number of amides is 1. The Morgan fingerprint density at radius 2 is 1.40 bits per heavy atom. The van der Waals surface area contributed by atoms with Crippen LogP contribution in [0.15, 0.2) is 42.5 Å². The zero-order valence-electron chi connectivity index (χ0n) is 19.9. The minimum absolute atomic E-state index is 0.000529. The average Bonchev–Trinajstić information content (AvgIpc) is 2.88. The van der Waals surface area contributed by atoms with E-state index in [4.69, 9.17) is 38.7 Å². The Kier molecular flexibility index (Phi) is 10.6. The van der Waals surface area contributed by atoms with Crippen molar-refractivity contribution in [1.82, 2.24) is 9.80 Å². The summed E-state index contributed by atoms with van der Waals surface area (Å²) in [6.07, 6.45) is 0. The highest BCUT2D eigenvalue weighted by molar-refractivity contribution is 6.27. The maximum absolute atomic E-state index is 12.5. The van der Waals surface area contributed by atoms with E-state index in [1.165, 1.54) is 0 Å². The van der Waals surface area contributed by atoms with Crippen molar-refractivity contribution in [1.29, 1.82) is 0 Å². The number of nitrogens with zero attached hydrogens (tertiary/aromatic N) is 2. The summed E-state index contributed by atoms with van der Waals surface area (Å²) in [5.74, 6) is -0.740. The predicted octanol–water partition coefficient (Wildman–Crippen LogP) is 1.59. The number of aliphatic carboxylic acids is 2. The van der Waals surface area contributed by atoms with Crippen molar-refractivity contribution in [2.75, 3.05) is 54.1 Å². The molecule has 0 spiro atoms. The number of carboxylic acids is 2. The van der Waals surface area contributed by atoms with Crippen molar-refractivity contribution in [3.63, 3.8) is 0 Å². The summed E-state index contributed by atoms with van der Waals surface area (Å²) in [6, 6.07) is 13.1. The molecule has 0 aromatic heterocycles. The summed E-state index contributed by atoms with van der Waals surface area (Å²) >= 11 is 0. The lowest BCUT2D eigenvalue weighted by Gasteiger charge is -2.35. The predicted molar refractivity (Wildman–Crippen MR) is 125 cm³/mol. The Bertz CT molecular complexity index is 975. The van der Waals surface area contributed by atoms with E-state index in [1.807, 2.05) is 35.2 Å². The Morgan fingerprint density at radius 1 is 0.800 bits per heavy atom. The first kappa shape index (κ1) is 27.3. The summed E-state index contributed by atoms with van der Waals surface area (Å²) in [7, 11) is 4.91. The third-order valence-electron chi connectivity index (χ3n) is 5.21. The molecule has 11 heteroatoms. The number of carbonyl (C=O) groups excluding carboxylic acids is 1. The maximum atomic E-state index is 12.5. The maximum Gasteiger partial charge on any atom is 0.414 e. The fraction of sp³-hybridized carbons (Fsp3) is 0.375. The molecular weight excluding hydrogens is 460 g/mol. The summed E-state index contributed by atoms with van der Waals surface area (Å²) in [6.45, 7) is 3.75. The van der Waals surface area contributed by atoms with Crippen LogP contribution in [0.3, 0.4) is 0 Å². The first-order chi connectivity index (χ1) is 16.8. The smallest absolute Gasteiger partial charge is 0.414 e. The van der Waals surface area contributed by atoms with Gasteiger partial charge in [0.2, 0.25) is 0 Å². The Balaban J connectivity index is 0.000000641. The lowest BCUT2D eigenvalue weighted by atomic mass is 10.1. The van der Waals surface area contributed by atoms with E-state index in [9.17, 15) is 4.79 Å². The molecule has 0 unspecified atom stereocenters. The number of carbonyl (C=O) groups is 3. The number of para-hydroxylation sites is 1. The molecule has 190 valence electrons. The van der Waals surface area contributed by atoms with Crippen molar-refractivity contribution in [2.45, 2.75) is 6.54 Å². The second-order valence-electron chi connectivity index (χ2n) is 7.38. The average molecular weight is 491 g/mol. The van der Waals surface area contributed by atoms with Crippen LogP contribution in [0.25, 0.3) is 0 Å². The molecule has 2 aromatic carbocycles. The molecule has 1 amide bonds. The molecule has 0 bridgehead atoms. The first-order valence-corrected chi connectivity index (χ1v) is 10.7. The normalized spacial score (nSPS) is 13.2. The quantitative estimate of drug-likeness (QED) is 0.525. The molecule has 2 aromatic rings. The van der Waals surface area contributed by atoms with Crippen LogP contribution >= 0.6 is 0 Å². The van der Waals surface area contributed by atoms with Crippen LogP contribution in [0.2, 0.25) is 0 Å². The van der Waals surface area contributed by atoms with Gasteiger partial charge in [-0.3, -0.25) is 9.69 Å².